The highest BCUT2D eigenvalue weighted by Crippen LogP contribution is 2.33. The maximum atomic E-state index is 13.3. The highest BCUT2D eigenvalue weighted by atomic mass is 19.1. The van der Waals surface area contributed by atoms with Crippen molar-refractivity contribution in [3.05, 3.63) is 89.2 Å². The van der Waals surface area contributed by atoms with Crippen molar-refractivity contribution < 1.29 is 8.78 Å². The van der Waals surface area contributed by atoms with Gasteiger partial charge in [0, 0.05) is 29.4 Å². The molecular formula is C22H18F2N2. The molecule has 0 radical (unpaired) electrons. The van der Waals surface area contributed by atoms with E-state index in [2.05, 4.69) is 23.4 Å². The Balaban J connectivity index is 1.93. The number of benzene rings is 2. The van der Waals surface area contributed by atoms with Crippen LogP contribution in [0.15, 0.2) is 60.8 Å². The fraction of sp³-hybridized carbons (Fsp3) is 0.136. The average Bonchev–Trinajstić information content (AvgIpc) is 2.89. The second-order valence-electron chi connectivity index (χ2n) is 6.49. The molecule has 0 unspecified atom stereocenters. The van der Waals surface area contributed by atoms with E-state index in [1.807, 2.05) is 6.07 Å². The van der Waals surface area contributed by atoms with Crippen LogP contribution in [0, 0.1) is 25.5 Å². The number of aromatic nitrogens is 2. The number of pyridine rings is 1. The van der Waals surface area contributed by atoms with Crippen molar-refractivity contribution in [1.29, 1.82) is 0 Å². The predicted molar refractivity (Wildman–Crippen MR) is 100 cm³/mol. The van der Waals surface area contributed by atoms with Crippen LogP contribution < -0.4 is 0 Å². The van der Waals surface area contributed by atoms with E-state index < -0.39 is 0 Å². The first-order valence-corrected chi connectivity index (χ1v) is 8.49. The third-order valence-electron chi connectivity index (χ3n) is 4.92. The van der Waals surface area contributed by atoms with E-state index in [9.17, 15) is 8.78 Å². The molecule has 0 aliphatic rings. The molecule has 2 heterocycles. The number of fused-ring (bicyclic) bond motifs is 1. The van der Waals surface area contributed by atoms with Crippen molar-refractivity contribution in [2.75, 3.05) is 0 Å². The topological polar surface area (TPSA) is 17.8 Å². The van der Waals surface area contributed by atoms with Crippen molar-refractivity contribution in [2.24, 2.45) is 0 Å². The van der Waals surface area contributed by atoms with E-state index in [4.69, 9.17) is 0 Å². The third kappa shape index (κ3) is 2.77. The lowest BCUT2D eigenvalue weighted by Crippen LogP contribution is -2.03. The lowest BCUT2D eigenvalue weighted by Gasteiger charge is -2.12. The van der Waals surface area contributed by atoms with E-state index in [1.54, 1.807) is 30.5 Å². The lowest BCUT2D eigenvalue weighted by atomic mass is 10.1. The largest absolute Gasteiger partial charge is 0.338 e. The Hall–Kier alpha value is -3.01. The number of hydrogen-bond acceptors (Lipinski definition) is 1. The average molecular weight is 348 g/mol. The third-order valence-corrected chi connectivity index (χ3v) is 4.92. The van der Waals surface area contributed by atoms with Crippen LogP contribution in [0.3, 0.4) is 0 Å². The van der Waals surface area contributed by atoms with Gasteiger partial charge in [0.15, 0.2) is 0 Å². The van der Waals surface area contributed by atoms with Gasteiger partial charge in [-0.3, -0.25) is 4.98 Å². The van der Waals surface area contributed by atoms with Crippen LogP contribution in [0.25, 0.3) is 22.2 Å². The van der Waals surface area contributed by atoms with Gasteiger partial charge >= 0.3 is 0 Å². The Morgan fingerprint density at radius 3 is 2.12 bits per heavy atom. The molecule has 0 amide bonds. The summed E-state index contributed by atoms with van der Waals surface area (Å²) in [6, 6.07) is 14.9. The van der Waals surface area contributed by atoms with Gasteiger partial charge in [-0.15, -0.1) is 0 Å². The first-order valence-electron chi connectivity index (χ1n) is 8.49. The molecule has 0 N–H and O–H groups in total. The molecule has 26 heavy (non-hydrogen) atoms. The predicted octanol–water partition coefficient (Wildman–Crippen LogP) is 5.65. The highest BCUT2D eigenvalue weighted by molar-refractivity contribution is 5.95. The Morgan fingerprint density at radius 2 is 1.46 bits per heavy atom. The van der Waals surface area contributed by atoms with Crippen molar-refractivity contribution in [3.63, 3.8) is 0 Å². The summed E-state index contributed by atoms with van der Waals surface area (Å²) in [6.07, 6.45) is 1.79. The van der Waals surface area contributed by atoms with Crippen LogP contribution in [0.4, 0.5) is 8.78 Å². The summed E-state index contributed by atoms with van der Waals surface area (Å²) in [5, 5.41) is 1.12. The maximum absolute atomic E-state index is 13.3. The van der Waals surface area contributed by atoms with Gasteiger partial charge < -0.3 is 4.57 Å². The zero-order valence-corrected chi connectivity index (χ0v) is 14.6. The number of nitrogens with zero attached hydrogens (tertiary/aromatic N) is 2. The van der Waals surface area contributed by atoms with E-state index in [0.717, 1.165) is 33.4 Å². The highest BCUT2D eigenvalue weighted by Gasteiger charge is 2.16. The SMILES string of the molecule is Cc1c(C)n(Cc2ccc(F)cc2)c2c(-c3ccc(F)cc3)nccc12. The molecule has 0 saturated carbocycles. The quantitative estimate of drug-likeness (QED) is 0.468. The number of aryl methyl sites for hydroxylation is 1. The van der Waals surface area contributed by atoms with Gasteiger partial charge in [-0.2, -0.15) is 0 Å². The fourth-order valence-electron chi connectivity index (χ4n) is 3.38. The minimum absolute atomic E-state index is 0.243. The number of hydrogen-bond donors (Lipinski definition) is 0. The van der Waals surface area contributed by atoms with Gasteiger partial charge in [-0.05, 0) is 67.4 Å². The molecule has 2 aromatic heterocycles. The van der Waals surface area contributed by atoms with Crippen molar-refractivity contribution in [3.8, 4) is 11.3 Å². The van der Waals surface area contributed by atoms with Crippen LogP contribution in [-0.4, -0.2) is 9.55 Å². The summed E-state index contributed by atoms with van der Waals surface area (Å²) in [5.74, 6) is -0.511. The Bertz CT molecular complexity index is 1080. The van der Waals surface area contributed by atoms with Crippen LogP contribution in [0.5, 0.6) is 0 Å². The van der Waals surface area contributed by atoms with Crippen molar-refractivity contribution in [1.82, 2.24) is 9.55 Å². The first-order chi connectivity index (χ1) is 12.5. The minimum Gasteiger partial charge on any atom is -0.338 e. The molecule has 0 saturated heterocycles. The van der Waals surface area contributed by atoms with E-state index in [1.165, 1.54) is 29.8 Å². The van der Waals surface area contributed by atoms with E-state index in [0.29, 0.717) is 6.54 Å². The molecule has 130 valence electrons. The molecule has 2 nitrogen and oxygen atoms in total. The standard InChI is InChI=1S/C22H18F2N2/c1-14-15(2)26(13-16-3-7-18(23)8-4-16)22-20(14)11-12-25-21(22)17-5-9-19(24)10-6-17/h3-12H,13H2,1-2H3. The fourth-order valence-corrected chi connectivity index (χ4v) is 3.38. The first kappa shape index (κ1) is 16.5. The molecule has 0 atom stereocenters. The Morgan fingerprint density at radius 1 is 0.846 bits per heavy atom. The summed E-state index contributed by atoms with van der Waals surface area (Å²) >= 11 is 0. The van der Waals surface area contributed by atoms with Gasteiger partial charge in [-0.1, -0.05) is 12.1 Å². The second-order valence-corrected chi connectivity index (χ2v) is 6.49. The number of rotatable bonds is 3. The zero-order valence-electron chi connectivity index (χ0n) is 14.6. The number of halogens is 2. The molecule has 0 fully saturated rings. The maximum Gasteiger partial charge on any atom is 0.123 e. The van der Waals surface area contributed by atoms with Crippen molar-refractivity contribution >= 4 is 10.9 Å². The molecule has 4 rings (SSSR count). The van der Waals surface area contributed by atoms with Crippen LogP contribution >= 0.6 is 0 Å². The molecule has 0 bridgehead atoms. The molecule has 2 aromatic carbocycles. The van der Waals surface area contributed by atoms with Gasteiger partial charge in [0.05, 0.1) is 11.2 Å². The molecule has 0 spiro atoms. The second kappa shape index (κ2) is 6.37. The summed E-state index contributed by atoms with van der Waals surface area (Å²) in [7, 11) is 0. The molecule has 4 aromatic rings. The molecular weight excluding hydrogens is 330 g/mol. The Labute approximate surface area is 150 Å². The summed E-state index contributed by atoms with van der Waals surface area (Å²) < 4.78 is 28.8. The monoisotopic (exact) mass is 348 g/mol. The normalized spacial score (nSPS) is 11.2. The Kier molecular flexibility index (Phi) is 4.03. The van der Waals surface area contributed by atoms with Gasteiger partial charge in [0.2, 0.25) is 0 Å². The van der Waals surface area contributed by atoms with Crippen LogP contribution in [-0.2, 0) is 6.54 Å². The van der Waals surface area contributed by atoms with Gasteiger partial charge in [0.1, 0.15) is 11.6 Å². The lowest BCUT2D eigenvalue weighted by molar-refractivity contribution is 0.626. The molecule has 4 heteroatoms. The van der Waals surface area contributed by atoms with Crippen molar-refractivity contribution in [2.45, 2.75) is 20.4 Å². The molecule has 0 aliphatic heterocycles. The molecule has 0 aliphatic carbocycles. The van der Waals surface area contributed by atoms with Crippen LogP contribution in [0.1, 0.15) is 16.8 Å². The summed E-state index contributed by atoms with van der Waals surface area (Å²) in [6.45, 7) is 4.79. The minimum atomic E-state index is -0.269. The zero-order chi connectivity index (χ0) is 18.3. The summed E-state index contributed by atoms with van der Waals surface area (Å²) in [5.41, 5.74) is 6.04. The van der Waals surface area contributed by atoms with E-state index >= 15 is 0 Å². The van der Waals surface area contributed by atoms with E-state index in [-0.39, 0.29) is 11.6 Å². The van der Waals surface area contributed by atoms with Gasteiger partial charge in [0.25, 0.3) is 0 Å². The van der Waals surface area contributed by atoms with Crippen LogP contribution in [0.2, 0.25) is 0 Å². The summed E-state index contributed by atoms with van der Waals surface area (Å²) in [4.78, 5) is 4.57. The van der Waals surface area contributed by atoms with Gasteiger partial charge in [-0.25, -0.2) is 8.78 Å². The smallest absolute Gasteiger partial charge is 0.123 e.